The number of oxazole rings is 1. The number of fused-ring (bicyclic) bond motifs is 2. The van der Waals surface area contributed by atoms with E-state index in [1.807, 2.05) is 80.6 Å². The van der Waals surface area contributed by atoms with Gasteiger partial charge in [0, 0.05) is 16.6 Å². The Morgan fingerprint density at radius 3 is 2.56 bits per heavy atom. The number of aromatic nitrogens is 1. The van der Waals surface area contributed by atoms with Gasteiger partial charge >= 0.3 is 5.97 Å². The number of nitrogens with zero attached hydrogens (tertiary/aromatic N) is 1. The van der Waals surface area contributed by atoms with Gasteiger partial charge in [-0.05, 0) is 60.7 Å². The smallest absolute Gasteiger partial charge is 0.339 e. The van der Waals surface area contributed by atoms with E-state index in [0.717, 1.165) is 22.0 Å². The summed E-state index contributed by atoms with van der Waals surface area (Å²) in [6.45, 7) is 3.46. The number of carbonyl (C=O) groups excluding carboxylic acids is 2. The fraction of sp³-hybridized carbons (Fsp3) is 0.107. The molecule has 6 heteroatoms. The highest BCUT2D eigenvalue weighted by Gasteiger charge is 2.19. The summed E-state index contributed by atoms with van der Waals surface area (Å²) in [6, 6.07) is 24.3. The number of benzene rings is 4. The molecule has 168 valence electrons. The molecule has 0 aliphatic carbocycles. The van der Waals surface area contributed by atoms with E-state index in [1.165, 1.54) is 0 Å². The second-order valence-electron chi connectivity index (χ2n) is 8.14. The Morgan fingerprint density at radius 1 is 0.941 bits per heavy atom. The van der Waals surface area contributed by atoms with Gasteiger partial charge in [0.1, 0.15) is 5.52 Å². The third-order valence-corrected chi connectivity index (χ3v) is 5.65. The van der Waals surface area contributed by atoms with Crippen molar-refractivity contribution >= 4 is 39.4 Å². The molecule has 1 aromatic heterocycles. The number of carbonyl (C=O) groups is 2. The zero-order valence-electron chi connectivity index (χ0n) is 18.8. The molecule has 0 radical (unpaired) electrons. The van der Waals surface area contributed by atoms with E-state index in [2.05, 4.69) is 10.3 Å². The topological polar surface area (TPSA) is 81.4 Å². The molecule has 0 aliphatic rings. The van der Waals surface area contributed by atoms with Crippen LogP contribution < -0.4 is 5.32 Å². The number of esters is 1. The molecule has 0 fully saturated rings. The number of aryl methyl sites for hydroxylation is 2. The normalized spacial score (nSPS) is 11.0. The van der Waals surface area contributed by atoms with Crippen LogP contribution >= 0.6 is 0 Å². The van der Waals surface area contributed by atoms with Crippen LogP contribution in [-0.2, 0) is 9.53 Å². The maximum atomic E-state index is 13.0. The molecule has 1 amide bonds. The van der Waals surface area contributed by atoms with Crippen LogP contribution in [0.15, 0.2) is 83.3 Å². The lowest BCUT2D eigenvalue weighted by Crippen LogP contribution is -2.21. The molecular weight excluding hydrogens is 428 g/mol. The van der Waals surface area contributed by atoms with Crippen LogP contribution in [0.1, 0.15) is 21.5 Å². The van der Waals surface area contributed by atoms with Crippen molar-refractivity contribution in [3.8, 4) is 11.5 Å². The van der Waals surface area contributed by atoms with E-state index in [-0.39, 0.29) is 0 Å². The average molecular weight is 450 g/mol. The maximum absolute atomic E-state index is 13.0. The van der Waals surface area contributed by atoms with Gasteiger partial charge in [-0.3, -0.25) is 4.79 Å². The van der Waals surface area contributed by atoms with E-state index < -0.39 is 18.5 Å². The van der Waals surface area contributed by atoms with Crippen LogP contribution in [-0.4, -0.2) is 23.5 Å². The number of anilines is 1. The van der Waals surface area contributed by atoms with E-state index in [1.54, 1.807) is 12.1 Å². The van der Waals surface area contributed by atoms with Gasteiger partial charge in [0.05, 0.1) is 5.56 Å². The largest absolute Gasteiger partial charge is 0.452 e. The van der Waals surface area contributed by atoms with Crippen LogP contribution in [0.25, 0.3) is 33.3 Å². The van der Waals surface area contributed by atoms with Crippen molar-refractivity contribution in [2.75, 3.05) is 11.9 Å². The van der Waals surface area contributed by atoms with Gasteiger partial charge in [0.25, 0.3) is 5.91 Å². The summed E-state index contributed by atoms with van der Waals surface area (Å²) in [4.78, 5) is 30.1. The third kappa shape index (κ3) is 4.13. The zero-order chi connectivity index (χ0) is 23.7. The standard InChI is InChI=1S/C28H22N2O4/c1-17-13-14-18(2)23(15-17)29-25(31)16-33-28(32)21-10-6-8-19-7-5-9-20(26(19)21)27-30-22-11-3-4-12-24(22)34-27/h3-15H,16H2,1-2H3,(H,29,31). The number of hydrogen-bond acceptors (Lipinski definition) is 5. The van der Waals surface area contributed by atoms with Crippen LogP contribution in [0.3, 0.4) is 0 Å². The lowest BCUT2D eigenvalue weighted by Gasteiger charge is -2.11. The van der Waals surface area contributed by atoms with E-state index in [0.29, 0.717) is 33.7 Å². The van der Waals surface area contributed by atoms with Crippen LogP contribution in [0.4, 0.5) is 5.69 Å². The van der Waals surface area contributed by atoms with Crippen molar-refractivity contribution in [2.45, 2.75) is 13.8 Å². The summed E-state index contributed by atoms with van der Waals surface area (Å²) in [5.41, 5.74) is 5.08. The van der Waals surface area contributed by atoms with Crippen LogP contribution in [0, 0.1) is 13.8 Å². The lowest BCUT2D eigenvalue weighted by atomic mass is 9.99. The number of para-hydroxylation sites is 2. The first-order valence-electron chi connectivity index (χ1n) is 10.9. The molecular formula is C28H22N2O4. The van der Waals surface area contributed by atoms with Crippen LogP contribution in [0.5, 0.6) is 0 Å². The molecule has 0 bridgehead atoms. The average Bonchev–Trinajstić information content (AvgIpc) is 3.28. The highest BCUT2D eigenvalue weighted by molar-refractivity contribution is 6.10. The monoisotopic (exact) mass is 450 g/mol. The van der Waals surface area contributed by atoms with Gasteiger partial charge in [-0.15, -0.1) is 0 Å². The minimum atomic E-state index is -0.592. The molecule has 6 nitrogen and oxygen atoms in total. The Bertz CT molecular complexity index is 1510. The van der Waals surface area contributed by atoms with Crippen molar-refractivity contribution in [2.24, 2.45) is 0 Å². The molecule has 1 heterocycles. The molecule has 0 saturated carbocycles. The molecule has 0 saturated heterocycles. The predicted octanol–water partition coefficient (Wildman–Crippen LogP) is 6.06. The molecule has 4 aromatic carbocycles. The van der Waals surface area contributed by atoms with Crippen molar-refractivity contribution in [1.29, 1.82) is 0 Å². The maximum Gasteiger partial charge on any atom is 0.339 e. The molecule has 1 N–H and O–H groups in total. The van der Waals surface area contributed by atoms with Crippen molar-refractivity contribution < 1.29 is 18.7 Å². The molecule has 5 rings (SSSR count). The third-order valence-electron chi connectivity index (χ3n) is 5.65. The van der Waals surface area contributed by atoms with Gasteiger partial charge in [-0.2, -0.15) is 0 Å². The Labute approximate surface area is 196 Å². The fourth-order valence-electron chi connectivity index (χ4n) is 3.94. The summed E-state index contributed by atoms with van der Waals surface area (Å²) in [5, 5.41) is 4.31. The Hall–Kier alpha value is -4.45. The Balaban J connectivity index is 1.42. The van der Waals surface area contributed by atoms with Gasteiger partial charge < -0.3 is 14.5 Å². The minimum Gasteiger partial charge on any atom is -0.452 e. The predicted molar refractivity (Wildman–Crippen MR) is 132 cm³/mol. The van der Waals surface area contributed by atoms with Crippen molar-refractivity contribution in [3.05, 3.63) is 95.6 Å². The quantitative estimate of drug-likeness (QED) is 0.329. The van der Waals surface area contributed by atoms with Gasteiger partial charge in [0.2, 0.25) is 5.89 Å². The second kappa shape index (κ2) is 8.83. The number of hydrogen-bond donors (Lipinski definition) is 1. The summed E-state index contributed by atoms with van der Waals surface area (Å²) >= 11 is 0. The Kier molecular flexibility index (Phi) is 5.55. The SMILES string of the molecule is Cc1ccc(C)c(NC(=O)COC(=O)c2cccc3cccc(-c4nc5ccccc5o4)c23)c1. The first kappa shape index (κ1) is 21.4. The molecule has 0 atom stereocenters. The number of rotatable bonds is 5. The first-order chi connectivity index (χ1) is 16.5. The van der Waals surface area contributed by atoms with Gasteiger partial charge in [-0.25, -0.2) is 9.78 Å². The van der Waals surface area contributed by atoms with Crippen molar-refractivity contribution in [3.63, 3.8) is 0 Å². The van der Waals surface area contributed by atoms with E-state index >= 15 is 0 Å². The number of ether oxygens (including phenoxy) is 1. The number of nitrogens with one attached hydrogen (secondary N) is 1. The molecule has 5 aromatic rings. The minimum absolute atomic E-state index is 0.342. The zero-order valence-corrected chi connectivity index (χ0v) is 18.8. The molecule has 34 heavy (non-hydrogen) atoms. The Morgan fingerprint density at radius 2 is 1.74 bits per heavy atom. The highest BCUT2D eigenvalue weighted by Crippen LogP contribution is 2.33. The summed E-state index contributed by atoms with van der Waals surface area (Å²) < 4.78 is 11.3. The first-order valence-corrected chi connectivity index (χ1v) is 10.9. The highest BCUT2D eigenvalue weighted by atomic mass is 16.5. The lowest BCUT2D eigenvalue weighted by molar-refractivity contribution is -0.119. The van der Waals surface area contributed by atoms with E-state index in [4.69, 9.17) is 9.15 Å². The van der Waals surface area contributed by atoms with E-state index in [9.17, 15) is 9.59 Å². The number of amides is 1. The van der Waals surface area contributed by atoms with Gasteiger partial charge in [-0.1, -0.05) is 48.5 Å². The summed E-state index contributed by atoms with van der Waals surface area (Å²) in [5.74, 6) is -0.577. The van der Waals surface area contributed by atoms with Crippen molar-refractivity contribution in [1.82, 2.24) is 4.98 Å². The molecule has 0 spiro atoms. The molecule has 0 unspecified atom stereocenters. The molecule has 0 aliphatic heterocycles. The van der Waals surface area contributed by atoms with Gasteiger partial charge in [0.15, 0.2) is 12.2 Å². The van der Waals surface area contributed by atoms with Crippen LogP contribution in [0.2, 0.25) is 0 Å². The summed E-state index contributed by atoms with van der Waals surface area (Å²) in [7, 11) is 0. The fourth-order valence-corrected chi connectivity index (χ4v) is 3.94. The summed E-state index contributed by atoms with van der Waals surface area (Å²) in [6.07, 6.45) is 0. The second-order valence-corrected chi connectivity index (χ2v) is 8.14.